The molecule has 3 aliphatic heterocycles. The van der Waals surface area contributed by atoms with Crippen LogP contribution in [0.4, 0.5) is 9.52 Å². The lowest BCUT2D eigenvalue weighted by molar-refractivity contribution is -0.139. The predicted molar refractivity (Wildman–Crippen MR) is 150 cm³/mol. The Balaban J connectivity index is 1.17. The maximum Gasteiger partial charge on any atom is 0.251 e. The number of aromatic nitrogens is 1. The van der Waals surface area contributed by atoms with Gasteiger partial charge in [-0.2, -0.15) is 0 Å². The van der Waals surface area contributed by atoms with Crippen LogP contribution in [-0.4, -0.2) is 103 Å². The number of benzene rings is 1. The third-order valence-electron chi connectivity index (χ3n) is 8.81. The average molecular weight is 570 g/mol. The second-order valence-electron chi connectivity index (χ2n) is 11.5. The number of likely N-dealkylation sites (tertiary alicyclic amines) is 1. The number of carbonyl (C=O) groups excluding carboxylic acids is 3. The van der Waals surface area contributed by atoms with Gasteiger partial charge in [-0.05, 0) is 44.9 Å². The van der Waals surface area contributed by atoms with Crippen LogP contribution in [0.2, 0.25) is 0 Å². The number of fused-ring (bicyclic) bond motifs is 1. The Bertz CT molecular complexity index is 1270. The Hall–Kier alpha value is -2.89. The van der Waals surface area contributed by atoms with Crippen molar-refractivity contribution in [2.75, 3.05) is 51.3 Å². The Morgan fingerprint density at radius 1 is 1.12 bits per heavy atom. The first-order chi connectivity index (χ1) is 19.3. The van der Waals surface area contributed by atoms with Gasteiger partial charge in [-0.15, -0.1) is 11.3 Å². The molecule has 4 atom stereocenters. The molecule has 4 aliphatic rings. The first-order valence-electron chi connectivity index (χ1n) is 14.2. The largest absolute Gasteiger partial charge is 0.365 e. The molecule has 0 unspecified atom stereocenters. The number of aryl methyl sites for hydroxylation is 1. The molecule has 0 radical (unpaired) electrons. The lowest BCUT2D eigenvalue weighted by Gasteiger charge is -2.32. The van der Waals surface area contributed by atoms with E-state index in [1.165, 1.54) is 4.90 Å². The van der Waals surface area contributed by atoms with Crippen molar-refractivity contribution < 1.29 is 23.5 Å². The van der Waals surface area contributed by atoms with Crippen molar-refractivity contribution in [3.8, 4) is 11.3 Å². The normalized spacial score (nSPS) is 26.4. The van der Waals surface area contributed by atoms with Crippen molar-refractivity contribution in [3.63, 3.8) is 0 Å². The van der Waals surface area contributed by atoms with E-state index in [0.717, 1.165) is 73.1 Å². The number of anilines is 1. The highest BCUT2D eigenvalue weighted by atomic mass is 32.1. The van der Waals surface area contributed by atoms with Gasteiger partial charge < -0.3 is 24.8 Å². The molecule has 0 bridgehead atoms. The number of hydrogen-bond donors (Lipinski definition) is 1. The number of nitrogens with zero attached hydrogens (tertiary/aromatic N) is 4. The Labute approximate surface area is 237 Å². The van der Waals surface area contributed by atoms with Crippen molar-refractivity contribution in [3.05, 3.63) is 34.7 Å². The highest BCUT2D eigenvalue weighted by molar-refractivity contribution is 7.16. The number of hydrogen-bond acceptors (Lipinski definition) is 8. The number of amides is 2. The molecular formula is C29H36FN5O4S. The molecule has 1 N–H and O–H groups in total. The topological polar surface area (TPSA) is 95.1 Å². The van der Waals surface area contributed by atoms with Crippen molar-refractivity contribution >= 4 is 34.1 Å². The van der Waals surface area contributed by atoms with Crippen LogP contribution in [-0.2, 0) is 14.3 Å². The number of Topliss-reactive ketones (excluding diaryl/α,β-unsaturated/α-hetero) is 1. The van der Waals surface area contributed by atoms with Crippen LogP contribution < -0.4 is 10.2 Å². The van der Waals surface area contributed by atoms with E-state index in [9.17, 15) is 18.8 Å². The van der Waals surface area contributed by atoms with Gasteiger partial charge in [0.2, 0.25) is 5.91 Å². The van der Waals surface area contributed by atoms with Gasteiger partial charge in [-0.1, -0.05) is 25.0 Å². The molecular weight excluding hydrogens is 533 g/mol. The Kier molecular flexibility index (Phi) is 7.62. The van der Waals surface area contributed by atoms with Gasteiger partial charge in [0, 0.05) is 42.2 Å². The number of piperazine rings is 1. The van der Waals surface area contributed by atoms with E-state index < -0.39 is 24.4 Å². The smallest absolute Gasteiger partial charge is 0.251 e. The summed E-state index contributed by atoms with van der Waals surface area (Å²) >= 11 is 1.69. The van der Waals surface area contributed by atoms with E-state index in [1.54, 1.807) is 23.5 Å². The van der Waals surface area contributed by atoms with E-state index in [4.69, 9.17) is 9.72 Å². The first-order valence-corrected chi connectivity index (χ1v) is 15.0. The monoisotopic (exact) mass is 569 g/mol. The average Bonchev–Trinajstić information content (AvgIpc) is 3.75. The fourth-order valence-corrected chi connectivity index (χ4v) is 7.44. The molecule has 4 heterocycles. The van der Waals surface area contributed by atoms with Crippen molar-refractivity contribution in [2.45, 2.75) is 57.0 Å². The van der Waals surface area contributed by atoms with Crippen LogP contribution in [0.15, 0.2) is 24.3 Å². The molecule has 0 spiro atoms. The van der Waals surface area contributed by atoms with Crippen molar-refractivity contribution in [2.24, 2.45) is 5.92 Å². The maximum atomic E-state index is 14.6. The highest BCUT2D eigenvalue weighted by Gasteiger charge is 2.54. The van der Waals surface area contributed by atoms with Crippen LogP contribution in [0.1, 0.15) is 40.9 Å². The molecule has 1 aromatic heterocycles. The summed E-state index contributed by atoms with van der Waals surface area (Å²) in [5.74, 6) is -1.07. The summed E-state index contributed by atoms with van der Waals surface area (Å²) < 4.78 is 19.9. The second-order valence-corrected chi connectivity index (χ2v) is 12.6. The van der Waals surface area contributed by atoms with Gasteiger partial charge in [0.15, 0.2) is 10.9 Å². The number of alkyl halides is 1. The van der Waals surface area contributed by atoms with E-state index >= 15 is 0 Å². The third-order valence-corrected chi connectivity index (χ3v) is 9.84. The summed E-state index contributed by atoms with van der Waals surface area (Å²) in [6, 6.07) is 5.59. The van der Waals surface area contributed by atoms with Crippen LogP contribution >= 0.6 is 11.3 Å². The molecule has 1 aliphatic carbocycles. The minimum absolute atomic E-state index is 0.0455. The zero-order valence-corrected chi connectivity index (χ0v) is 23.8. The lowest BCUT2D eigenvalue weighted by atomic mass is 9.95. The van der Waals surface area contributed by atoms with E-state index in [0.29, 0.717) is 5.56 Å². The van der Waals surface area contributed by atoms with E-state index in [1.807, 2.05) is 12.1 Å². The number of thiazole rings is 1. The minimum atomic E-state index is -1.40. The number of carbonyl (C=O) groups is 3. The summed E-state index contributed by atoms with van der Waals surface area (Å²) in [7, 11) is 2.13. The summed E-state index contributed by atoms with van der Waals surface area (Å²) in [5.41, 5.74) is 2.29. The Morgan fingerprint density at radius 2 is 1.82 bits per heavy atom. The second kappa shape index (κ2) is 11.2. The summed E-state index contributed by atoms with van der Waals surface area (Å²) in [6.45, 7) is 5.64. The standard InChI is InChI=1S/C29H36FN5O4S/c1-17-23(32-29(40-17)34-13-11-33(2)12-14-34)19-7-9-20(10-8-19)27(37)31-24(18-5-3-4-6-18)28(38)35-15-21(30)26-25(35)22(36)16-39-26/h7-10,18,21,24-26H,3-6,11-16H2,1-2H3,(H,31,37)/t21-,24+,25-,26-/m1/s1. The van der Waals surface area contributed by atoms with Gasteiger partial charge in [0.25, 0.3) is 5.91 Å². The summed E-state index contributed by atoms with van der Waals surface area (Å²) in [5, 5.41) is 3.97. The number of likely N-dealkylation sites (N-methyl/N-ethyl adjacent to an activating group) is 1. The minimum Gasteiger partial charge on any atom is -0.365 e. The maximum absolute atomic E-state index is 14.6. The molecule has 1 aromatic carbocycles. The number of ketones is 1. The molecule has 2 aromatic rings. The van der Waals surface area contributed by atoms with E-state index in [2.05, 4.69) is 29.1 Å². The molecule has 214 valence electrons. The van der Waals surface area contributed by atoms with Crippen LogP contribution in [0.5, 0.6) is 0 Å². The van der Waals surface area contributed by atoms with Crippen LogP contribution in [0.25, 0.3) is 11.3 Å². The molecule has 9 nitrogen and oxygen atoms in total. The summed E-state index contributed by atoms with van der Waals surface area (Å²) in [6.07, 6.45) is 1.25. The zero-order valence-electron chi connectivity index (χ0n) is 23.0. The van der Waals surface area contributed by atoms with Gasteiger partial charge in [0.1, 0.15) is 31.0 Å². The molecule has 3 saturated heterocycles. The molecule has 4 fully saturated rings. The molecule has 1 saturated carbocycles. The van der Waals surface area contributed by atoms with Crippen LogP contribution in [0, 0.1) is 12.8 Å². The van der Waals surface area contributed by atoms with Gasteiger partial charge in [0.05, 0.1) is 12.2 Å². The fourth-order valence-electron chi connectivity index (χ4n) is 6.46. The SMILES string of the molecule is Cc1sc(N2CCN(C)CC2)nc1-c1ccc(C(=O)N[C@H](C(=O)N2C[C@@H](F)[C@H]3OCC(=O)[C@H]32)C2CCCC2)cc1. The zero-order chi connectivity index (χ0) is 28.0. The third kappa shape index (κ3) is 5.14. The number of nitrogens with one attached hydrogen (secondary N) is 1. The summed E-state index contributed by atoms with van der Waals surface area (Å²) in [4.78, 5) is 51.4. The quantitative estimate of drug-likeness (QED) is 0.572. The van der Waals surface area contributed by atoms with Crippen molar-refractivity contribution in [1.29, 1.82) is 0 Å². The van der Waals surface area contributed by atoms with Gasteiger partial charge >= 0.3 is 0 Å². The van der Waals surface area contributed by atoms with Crippen LogP contribution in [0.3, 0.4) is 0 Å². The van der Waals surface area contributed by atoms with Gasteiger partial charge in [-0.25, -0.2) is 9.37 Å². The van der Waals surface area contributed by atoms with E-state index in [-0.39, 0.29) is 36.7 Å². The predicted octanol–water partition coefficient (Wildman–Crippen LogP) is 2.68. The Morgan fingerprint density at radius 3 is 2.52 bits per heavy atom. The molecule has 2 amide bonds. The van der Waals surface area contributed by atoms with Crippen molar-refractivity contribution in [1.82, 2.24) is 20.1 Å². The number of rotatable bonds is 6. The highest BCUT2D eigenvalue weighted by Crippen LogP contribution is 2.35. The molecule has 40 heavy (non-hydrogen) atoms. The fraction of sp³-hybridized carbons (Fsp3) is 0.586. The molecule has 11 heteroatoms. The number of halogens is 1. The lowest BCUT2D eigenvalue weighted by Crippen LogP contribution is -2.54. The first kappa shape index (κ1) is 27.3. The molecule has 6 rings (SSSR count). The number of ether oxygens (including phenoxy) is 1. The van der Waals surface area contributed by atoms with Gasteiger partial charge in [-0.3, -0.25) is 14.4 Å².